The zero-order valence-corrected chi connectivity index (χ0v) is 11.0. The summed E-state index contributed by atoms with van der Waals surface area (Å²) in [6, 6.07) is 9.39. The van der Waals surface area contributed by atoms with Gasteiger partial charge in [-0.1, -0.05) is 18.2 Å². The second kappa shape index (κ2) is 5.06. The third-order valence-corrected chi connectivity index (χ3v) is 3.30. The minimum Gasteiger partial charge on any atom is -0.398 e. The number of nitrogens with two attached hydrogens (primary N) is 1. The van der Waals surface area contributed by atoms with Crippen molar-refractivity contribution in [3.05, 3.63) is 54.3 Å². The normalized spacial score (nSPS) is 13.8. The van der Waals surface area contributed by atoms with E-state index in [0.29, 0.717) is 11.3 Å². The van der Waals surface area contributed by atoms with Gasteiger partial charge in [-0.3, -0.25) is 0 Å². The number of aromatic nitrogens is 2. The zero-order chi connectivity index (χ0) is 13.9. The van der Waals surface area contributed by atoms with E-state index in [2.05, 4.69) is 29.4 Å². The van der Waals surface area contributed by atoms with E-state index in [0.717, 1.165) is 29.8 Å². The summed E-state index contributed by atoms with van der Waals surface area (Å²) < 4.78 is 1.86. The molecule has 0 spiro atoms. The van der Waals surface area contributed by atoms with E-state index in [1.165, 1.54) is 0 Å². The van der Waals surface area contributed by atoms with Gasteiger partial charge in [0.1, 0.15) is 6.07 Å². The highest BCUT2D eigenvalue weighted by atomic mass is 15.3. The minimum absolute atomic E-state index is 0.483. The molecule has 1 aromatic carbocycles. The Labute approximate surface area is 117 Å². The Balaban J connectivity index is 1.94. The van der Waals surface area contributed by atoms with Crippen LogP contribution in [0.25, 0.3) is 17.0 Å². The fourth-order valence-corrected chi connectivity index (χ4v) is 2.22. The van der Waals surface area contributed by atoms with Crippen LogP contribution in [0.15, 0.2) is 48.7 Å². The van der Waals surface area contributed by atoms with E-state index in [4.69, 9.17) is 11.0 Å². The van der Waals surface area contributed by atoms with Crippen LogP contribution in [0, 0.1) is 11.3 Å². The van der Waals surface area contributed by atoms with Crippen molar-refractivity contribution in [2.75, 3.05) is 5.73 Å². The first-order chi connectivity index (χ1) is 9.78. The number of hydrogen-bond acceptors (Lipinski definition) is 3. The molecule has 0 saturated carbocycles. The smallest absolute Gasteiger partial charge is 0.101 e. The fraction of sp³-hybridized carbons (Fsp3) is 0.125. The largest absolute Gasteiger partial charge is 0.398 e. The number of nitrogen functional groups attached to an aromatic ring is 1. The number of nitrogens with zero attached hydrogens (tertiary/aromatic N) is 3. The van der Waals surface area contributed by atoms with E-state index < -0.39 is 0 Å². The Bertz CT molecular complexity index is 744. The molecule has 0 atom stereocenters. The van der Waals surface area contributed by atoms with E-state index in [1.807, 2.05) is 23.0 Å². The average Bonchev–Trinajstić information content (AvgIpc) is 2.98. The topological polar surface area (TPSA) is 67.6 Å². The van der Waals surface area contributed by atoms with Gasteiger partial charge in [0.2, 0.25) is 0 Å². The van der Waals surface area contributed by atoms with Gasteiger partial charge in [-0.15, -0.1) is 0 Å². The molecule has 20 heavy (non-hydrogen) atoms. The van der Waals surface area contributed by atoms with Crippen LogP contribution in [0.1, 0.15) is 18.4 Å². The van der Waals surface area contributed by atoms with Gasteiger partial charge < -0.3 is 5.73 Å². The molecule has 1 aliphatic carbocycles. The van der Waals surface area contributed by atoms with Crippen molar-refractivity contribution in [3.8, 4) is 17.3 Å². The maximum absolute atomic E-state index is 8.89. The quantitative estimate of drug-likeness (QED) is 0.845. The summed E-state index contributed by atoms with van der Waals surface area (Å²) in [6.07, 6.45) is 10.5. The lowest BCUT2D eigenvalue weighted by Gasteiger charge is -2.06. The molecule has 0 fully saturated rings. The van der Waals surface area contributed by atoms with Gasteiger partial charge in [0.25, 0.3) is 0 Å². The van der Waals surface area contributed by atoms with E-state index in [-0.39, 0.29) is 0 Å². The molecule has 2 N–H and O–H groups in total. The Hall–Kier alpha value is -2.80. The molecule has 0 radical (unpaired) electrons. The minimum atomic E-state index is 0.483. The Morgan fingerprint density at radius 2 is 2.15 bits per heavy atom. The molecule has 1 aromatic heterocycles. The molecule has 0 unspecified atom stereocenters. The molecule has 0 saturated heterocycles. The Kier molecular flexibility index (Phi) is 3.10. The third kappa shape index (κ3) is 2.21. The lowest BCUT2D eigenvalue weighted by molar-refractivity contribution is 0.892. The molecule has 4 heteroatoms. The average molecular weight is 262 g/mol. The van der Waals surface area contributed by atoms with Crippen LogP contribution >= 0.6 is 0 Å². The molecule has 3 rings (SSSR count). The molecular weight excluding hydrogens is 248 g/mol. The van der Waals surface area contributed by atoms with E-state index >= 15 is 0 Å². The second-order valence-electron chi connectivity index (χ2n) is 4.67. The van der Waals surface area contributed by atoms with Gasteiger partial charge in [-0.05, 0) is 37.1 Å². The van der Waals surface area contributed by atoms with E-state index in [1.54, 1.807) is 12.1 Å². The summed E-state index contributed by atoms with van der Waals surface area (Å²) in [6.45, 7) is 0. The standard InChI is InChI=1S/C16H14N4/c17-11-13-7-6-12(10-15(13)18)16-8-9-20(19-16)14-4-2-1-3-5-14/h2,4-10H,1,3,18H2. The maximum atomic E-state index is 8.89. The van der Waals surface area contributed by atoms with Crippen molar-refractivity contribution in [2.24, 2.45) is 0 Å². The monoisotopic (exact) mass is 262 g/mol. The number of allylic oxidation sites excluding steroid dienone is 4. The third-order valence-electron chi connectivity index (χ3n) is 3.30. The highest BCUT2D eigenvalue weighted by Crippen LogP contribution is 2.23. The fourth-order valence-electron chi connectivity index (χ4n) is 2.22. The molecule has 0 aliphatic heterocycles. The van der Waals surface area contributed by atoms with Crippen LogP contribution in [-0.4, -0.2) is 9.78 Å². The van der Waals surface area contributed by atoms with Gasteiger partial charge in [0, 0.05) is 11.8 Å². The number of anilines is 1. The second-order valence-corrected chi connectivity index (χ2v) is 4.67. The lowest BCUT2D eigenvalue weighted by Crippen LogP contribution is -1.98. The van der Waals surface area contributed by atoms with Gasteiger partial charge in [0.05, 0.1) is 22.6 Å². The highest BCUT2D eigenvalue weighted by Gasteiger charge is 2.07. The van der Waals surface area contributed by atoms with Gasteiger partial charge >= 0.3 is 0 Å². The van der Waals surface area contributed by atoms with Crippen molar-refractivity contribution < 1.29 is 0 Å². The molecular formula is C16H14N4. The first kappa shape index (κ1) is 12.2. The van der Waals surface area contributed by atoms with Gasteiger partial charge in [-0.25, -0.2) is 4.68 Å². The number of rotatable bonds is 2. The van der Waals surface area contributed by atoms with Crippen molar-refractivity contribution in [3.63, 3.8) is 0 Å². The lowest BCUT2D eigenvalue weighted by atomic mass is 10.1. The summed E-state index contributed by atoms with van der Waals surface area (Å²) >= 11 is 0. The molecule has 1 aliphatic rings. The van der Waals surface area contributed by atoms with Crippen molar-refractivity contribution in [2.45, 2.75) is 12.8 Å². The zero-order valence-electron chi connectivity index (χ0n) is 11.0. The number of benzene rings is 1. The van der Waals surface area contributed by atoms with Crippen molar-refractivity contribution in [1.82, 2.24) is 9.78 Å². The van der Waals surface area contributed by atoms with Crippen molar-refractivity contribution in [1.29, 1.82) is 5.26 Å². The van der Waals surface area contributed by atoms with Crippen LogP contribution in [0.4, 0.5) is 5.69 Å². The highest BCUT2D eigenvalue weighted by molar-refractivity contribution is 5.69. The summed E-state index contributed by atoms with van der Waals surface area (Å²) in [5, 5.41) is 13.4. The van der Waals surface area contributed by atoms with Crippen molar-refractivity contribution >= 4 is 11.4 Å². The van der Waals surface area contributed by atoms with Crippen LogP contribution < -0.4 is 5.73 Å². The first-order valence-corrected chi connectivity index (χ1v) is 6.50. The molecule has 98 valence electrons. The predicted octanol–water partition coefficient (Wildman–Crippen LogP) is 3.19. The number of nitriles is 1. The molecule has 0 bridgehead atoms. The first-order valence-electron chi connectivity index (χ1n) is 6.50. The molecule has 0 amide bonds. The van der Waals surface area contributed by atoms with Crippen LogP contribution in [0.3, 0.4) is 0 Å². The Morgan fingerprint density at radius 1 is 1.25 bits per heavy atom. The molecule has 4 nitrogen and oxygen atoms in total. The van der Waals surface area contributed by atoms with Crippen LogP contribution in [0.2, 0.25) is 0 Å². The van der Waals surface area contributed by atoms with Crippen LogP contribution in [0.5, 0.6) is 0 Å². The summed E-state index contributed by atoms with van der Waals surface area (Å²) in [7, 11) is 0. The summed E-state index contributed by atoms with van der Waals surface area (Å²) in [4.78, 5) is 0. The molecule has 1 heterocycles. The van der Waals surface area contributed by atoms with E-state index in [9.17, 15) is 0 Å². The van der Waals surface area contributed by atoms with Gasteiger partial charge in [-0.2, -0.15) is 10.4 Å². The summed E-state index contributed by atoms with van der Waals surface area (Å²) in [5.41, 5.74) is 9.67. The molecule has 2 aromatic rings. The predicted molar refractivity (Wildman–Crippen MR) is 79.4 cm³/mol. The SMILES string of the molecule is N#Cc1ccc(-c2ccn(C3=CCCC=C3)n2)cc1N. The Morgan fingerprint density at radius 3 is 2.85 bits per heavy atom. The maximum Gasteiger partial charge on any atom is 0.101 e. The van der Waals surface area contributed by atoms with Gasteiger partial charge in [0.15, 0.2) is 0 Å². The number of hydrogen-bond donors (Lipinski definition) is 1. The summed E-state index contributed by atoms with van der Waals surface area (Å²) in [5.74, 6) is 0. The van der Waals surface area contributed by atoms with Crippen LogP contribution in [-0.2, 0) is 0 Å².